The van der Waals surface area contributed by atoms with Gasteiger partial charge in [-0.2, -0.15) is 0 Å². The maximum absolute atomic E-state index is 11.1. The molecule has 0 radical (unpaired) electrons. The fraction of sp³-hybridized carbons (Fsp3) is 0.667. The van der Waals surface area contributed by atoms with E-state index < -0.39 is 6.09 Å². The number of hydrogen-bond donors (Lipinski definition) is 2. The molecule has 1 saturated carbocycles. The van der Waals surface area contributed by atoms with Crippen molar-refractivity contribution in [2.75, 3.05) is 13.2 Å². The van der Waals surface area contributed by atoms with Crippen LogP contribution in [0.1, 0.15) is 38.5 Å². The highest BCUT2D eigenvalue weighted by Crippen LogP contribution is 2.55. The van der Waals surface area contributed by atoms with E-state index in [0.717, 1.165) is 12.0 Å². The van der Waals surface area contributed by atoms with E-state index in [1.54, 1.807) is 0 Å². The third-order valence-corrected chi connectivity index (χ3v) is 4.86. The van der Waals surface area contributed by atoms with E-state index in [1.165, 1.54) is 36.2 Å². The van der Waals surface area contributed by atoms with Crippen molar-refractivity contribution in [2.45, 2.75) is 44.6 Å². The van der Waals surface area contributed by atoms with Gasteiger partial charge >= 0.3 is 6.09 Å². The van der Waals surface area contributed by atoms with Crippen LogP contribution in [0.4, 0.5) is 4.79 Å². The fourth-order valence-corrected chi connectivity index (χ4v) is 3.30. The van der Waals surface area contributed by atoms with Crippen LogP contribution in [0, 0.1) is 5.41 Å². The first-order valence-corrected chi connectivity index (χ1v) is 7.11. The minimum atomic E-state index is -0.933. The molecule has 4 heteroatoms. The molecule has 1 aliphatic heterocycles. The lowest BCUT2D eigenvalue weighted by Gasteiger charge is -2.19. The summed E-state index contributed by atoms with van der Waals surface area (Å²) in [5.41, 5.74) is 3.13. The molecule has 0 aromatic heterocycles. The molecule has 3 rings (SSSR count). The van der Waals surface area contributed by atoms with Crippen LogP contribution >= 0.6 is 0 Å². The summed E-state index contributed by atoms with van der Waals surface area (Å²) < 4.78 is 0. The van der Waals surface area contributed by atoms with Crippen LogP contribution in [-0.2, 0) is 0 Å². The van der Waals surface area contributed by atoms with E-state index in [4.69, 9.17) is 5.11 Å². The number of nitrogens with zero attached hydrogens (tertiary/aromatic N) is 1. The van der Waals surface area contributed by atoms with Gasteiger partial charge in [0.1, 0.15) is 0 Å². The van der Waals surface area contributed by atoms with Crippen molar-refractivity contribution in [1.82, 2.24) is 4.90 Å². The summed E-state index contributed by atoms with van der Waals surface area (Å²) in [6.45, 7) is 0.356. The van der Waals surface area contributed by atoms with E-state index in [2.05, 4.69) is 12.2 Å². The number of likely N-dealkylation sites (tertiary alicyclic amines) is 1. The van der Waals surface area contributed by atoms with Gasteiger partial charge in [0, 0.05) is 6.54 Å². The van der Waals surface area contributed by atoms with Gasteiger partial charge in [-0.25, -0.2) is 4.79 Å². The zero-order valence-electron chi connectivity index (χ0n) is 11.1. The summed E-state index contributed by atoms with van der Waals surface area (Å²) in [5.74, 6) is 0. The molecule has 19 heavy (non-hydrogen) atoms. The standard InChI is InChI=1S/C15H21NO3/c17-10-13-8-12(9-16(13)14(18)19)7-11-1-3-15(4-2-11)5-6-15/h1,7,13,17H,2-6,8-10H2,(H,18,19). The van der Waals surface area contributed by atoms with Crippen molar-refractivity contribution in [2.24, 2.45) is 5.41 Å². The lowest BCUT2D eigenvalue weighted by atomic mass is 9.86. The molecule has 1 saturated heterocycles. The molecule has 1 atom stereocenters. The molecular weight excluding hydrogens is 242 g/mol. The Kier molecular flexibility index (Phi) is 3.13. The van der Waals surface area contributed by atoms with Crippen LogP contribution in [0.5, 0.6) is 0 Å². The van der Waals surface area contributed by atoms with Crippen LogP contribution < -0.4 is 0 Å². The van der Waals surface area contributed by atoms with Crippen molar-refractivity contribution in [3.8, 4) is 0 Å². The van der Waals surface area contributed by atoms with Crippen molar-refractivity contribution < 1.29 is 15.0 Å². The van der Waals surface area contributed by atoms with Crippen molar-refractivity contribution in [1.29, 1.82) is 0 Å². The Bertz CT molecular complexity index is 448. The number of amides is 1. The van der Waals surface area contributed by atoms with E-state index >= 15 is 0 Å². The van der Waals surface area contributed by atoms with Crippen LogP contribution in [0.2, 0.25) is 0 Å². The molecule has 0 aromatic carbocycles. The molecule has 1 spiro atoms. The first-order chi connectivity index (χ1) is 9.12. The van der Waals surface area contributed by atoms with Gasteiger partial charge < -0.3 is 10.2 Å². The van der Waals surface area contributed by atoms with Crippen LogP contribution in [0.3, 0.4) is 0 Å². The smallest absolute Gasteiger partial charge is 0.407 e. The Morgan fingerprint density at radius 3 is 2.74 bits per heavy atom. The zero-order chi connectivity index (χ0) is 13.5. The quantitative estimate of drug-likeness (QED) is 0.805. The minimum absolute atomic E-state index is 0.0915. The topological polar surface area (TPSA) is 60.8 Å². The summed E-state index contributed by atoms with van der Waals surface area (Å²) in [5, 5.41) is 18.3. The van der Waals surface area contributed by atoms with Gasteiger partial charge in [-0.05, 0) is 49.5 Å². The molecule has 0 bridgehead atoms. The van der Waals surface area contributed by atoms with Gasteiger partial charge in [-0.1, -0.05) is 17.7 Å². The monoisotopic (exact) mass is 263 g/mol. The summed E-state index contributed by atoms with van der Waals surface area (Å²) >= 11 is 0. The molecule has 2 aliphatic carbocycles. The lowest BCUT2D eigenvalue weighted by Crippen LogP contribution is -2.36. The number of carboxylic acid groups (broad SMARTS) is 1. The SMILES string of the molecule is O=C(O)N1CC(=CC2=CCC3(CC2)CC3)CC1CO. The van der Waals surface area contributed by atoms with E-state index in [-0.39, 0.29) is 12.6 Å². The average molecular weight is 263 g/mol. The predicted molar refractivity (Wildman–Crippen MR) is 71.9 cm³/mol. The Morgan fingerprint density at radius 2 is 2.26 bits per heavy atom. The summed E-state index contributed by atoms with van der Waals surface area (Å²) in [6, 6.07) is -0.261. The maximum atomic E-state index is 11.1. The largest absolute Gasteiger partial charge is 0.465 e. The number of rotatable bonds is 2. The molecule has 104 valence electrons. The highest BCUT2D eigenvalue weighted by molar-refractivity contribution is 5.67. The van der Waals surface area contributed by atoms with Crippen LogP contribution in [0.25, 0.3) is 0 Å². The Balaban J connectivity index is 1.68. The van der Waals surface area contributed by atoms with Crippen molar-refractivity contribution in [3.05, 3.63) is 23.3 Å². The van der Waals surface area contributed by atoms with E-state index in [1.807, 2.05) is 0 Å². The molecule has 4 nitrogen and oxygen atoms in total. The van der Waals surface area contributed by atoms with Gasteiger partial charge in [0.15, 0.2) is 0 Å². The fourth-order valence-electron chi connectivity index (χ4n) is 3.30. The van der Waals surface area contributed by atoms with Gasteiger partial charge in [0.05, 0.1) is 12.6 Å². The van der Waals surface area contributed by atoms with Gasteiger partial charge in [0.25, 0.3) is 0 Å². The number of hydrogen-bond acceptors (Lipinski definition) is 2. The molecule has 3 aliphatic rings. The normalized spacial score (nSPS) is 30.8. The van der Waals surface area contributed by atoms with Crippen molar-refractivity contribution in [3.63, 3.8) is 0 Å². The second-order valence-corrected chi connectivity index (χ2v) is 6.24. The van der Waals surface area contributed by atoms with E-state index in [0.29, 0.717) is 18.4 Å². The lowest BCUT2D eigenvalue weighted by molar-refractivity contribution is 0.118. The van der Waals surface area contributed by atoms with Gasteiger partial charge in [0.2, 0.25) is 0 Å². The first kappa shape index (κ1) is 12.7. The molecule has 1 unspecified atom stereocenters. The summed E-state index contributed by atoms with van der Waals surface area (Å²) in [4.78, 5) is 12.4. The molecule has 2 fully saturated rings. The summed E-state index contributed by atoms with van der Waals surface area (Å²) in [6.07, 6.45) is 10.6. The zero-order valence-corrected chi connectivity index (χ0v) is 11.1. The number of aliphatic hydroxyl groups is 1. The number of allylic oxidation sites excluding steroid dienone is 3. The molecule has 1 amide bonds. The number of aliphatic hydroxyl groups excluding tert-OH is 1. The predicted octanol–water partition coefficient (Wildman–Crippen LogP) is 2.55. The number of carbonyl (C=O) groups is 1. The highest BCUT2D eigenvalue weighted by atomic mass is 16.4. The third kappa shape index (κ3) is 2.54. The Labute approximate surface area is 113 Å². The minimum Gasteiger partial charge on any atom is -0.465 e. The summed E-state index contributed by atoms with van der Waals surface area (Å²) in [7, 11) is 0. The average Bonchev–Trinajstić information content (AvgIpc) is 3.02. The maximum Gasteiger partial charge on any atom is 0.407 e. The molecule has 2 N–H and O–H groups in total. The van der Waals surface area contributed by atoms with Gasteiger partial charge in [-0.3, -0.25) is 4.90 Å². The van der Waals surface area contributed by atoms with E-state index in [9.17, 15) is 9.90 Å². The molecule has 0 aromatic rings. The third-order valence-electron chi connectivity index (χ3n) is 4.86. The van der Waals surface area contributed by atoms with Crippen molar-refractivity contribution >= 4 is 6.09 Å². The first-order valence-electron chi connectivity index (χ1n) is 7.11. The second-order valence-electron chi connectivity index (χ2n) is 6.24. The van der Waals surface area contributed by atoms with Crippen LogP contribution in [-0.4, -0.2) is 40.4 Å². The second kappa shape index (κ2) is 4.67. The molecular formula is C15H21NO3. The Morgan fingerprint density at radius 1 is 1.47 bits per heavy atom. The van der Waals surface area contributed by atoms with Gasteiger partial charge in [-0.15, -0.1) is 0 Å². The highest BCUT2D eigenvalue weighted by Gasteiger charge is 2.42. The Hall–Kier alpha value is -1.29. The van der Waals surface area contributed by atoms with Crippen LogP contribution in [0.15, 0.2) is 23.3 Å². The molecule has 1 heterocycles.